The molecule has 6 heteroatoms. The Hall–Kier alpha value is -3.54. The first-order chi connectivity index (χ1) is 14.1. The molecule has 3 rings (SSSR count). The van der Waals surface area contributed by atoms with Crippen molar-refractivity contribution >= 4 is 17.3 Å². The molecule has 0 unspecified atom stereocenters. The zero-order chi connectivity index (χ0) is 20.6. The predicted molar refractivity (Wildman–Crippen MR) is 115 cm³/mol. The van der Waals surface area contributed by atoms with Crippen LogP contribution in [0.5, 0.6) is 11.5 Å². The molecule has 29 heavy (non-hydrogen) atoms. The van der Waals surface area contributed by atoms with Crippen LogP contribution in [-0.4, -0.2) is 38.7 Å². The van der Waals surface area contributed by atoms with E-state index in [1.165, 1.54) is 0 Å². The van der Waals surface area contributed by atoms with Crippen LogP contribution in [0.3, 0.4) is 0 Å². The van der Waals surface area contributed by atoms with Crippen LogP contribution in [0.4, 0.5) is 11.4 Å². The van der Waals surface area contributed by atoms with Crippen molar-refractivity contribution in [1.29, 1.82) is 0 Å². The van der Waals surface area contributed by atoms with Crippen molar-refractivity contribution in [3.8, 4) is 11.5 Å². The van der Waals surface area contributed by atoms with Gasteiger partial charge in [-0.2, -0.15) is 0 Å². The lowest BCUT2D eigenvalue weighted by molar-refractivity contribution is 0.0992. The Morgan fingerprint density at radius 2 is 1.76 bits per heavy atom. The van der Waals surface area contributed by atoms with Crippen molar-refractivity contribution in [2.45, 2.75) is 6.42 Å². The maximum absolute atomic E-state index is 12.8. The number of rotatable bonds is 8. The minimum absolute atomic E-state index is 0.104. The van der Waals surface area contributed by atoms with Crippen LogP contribution in [0.15, 0.2) is 67.0 Å². The van der Waals surface area contributed by atoms with E-state index < -0.39 is 0 Å². The molecule has 6 nitrogen and oxygen atoms in total. The molecule has 0 aliphatic rings. The summed E-state index contributed by atoms with van der Waals surface area (Å²) in [5, 5.41) is 3.33. The Labute approximate surface area is 171 Å². The van der Waals surface area contributed by atoms with Gasteiger partial charge < -0.3 is 19.7 Å². The quantitative estimate of drug-likeness (QED) is 0.628. The maximum Gasteiger partial charge on any atom is 0.259 e. The average Bonchev–Trinajstić information content (AvgIpc) is 2.78. The van der Waals surface area contributed by atoms with Crippen molar-refractivity contribution in [2.75, 3.05) is 38.0 Å². The molecule has 0 saturated carbocycles. The topological polar surface area (TPSA) is 63.7 Å². The number of aromatic nitrogens is 1. The zero-order valence-corrected chi connectivity index (χ0v) is 16.9. The lowest BCUT2D eigenvalue weighted by Crippen LogP contribution is -2.26. The molecule has 0 saturated heterocycles. The molecular weight excluding hydrogens is 366 g/mol. The summed E-state index contributed by atoms with van der Waals surface area (Å²) in [6.45, 7) is 0.698. The Balaban J connectivity index is 1.62. The SMILES string of the molecule is COc1ccc(CCNc2cncc(C(=O)N(C)c3ccccc3)c2)cc1OC. The van der Waals surface area contributed by atoms with Crippen molar-refractivity contribution in [1.82, 2.24) is 4.98 Å². The van der Waals surface area contributed by atoms with Crippen molar-refractivity contribution in [2.24, 2.45) is 0 Å². The summed E-state index contributed by atoms with van der Waals surface area (Å²) in [5.41, 5.74) is 3.30. The van der Waals surface area contributed by atoms with Gasteiger partial charge in [0, 0.05) is 31.7 Å². The van der Waals surface area contributed by atoms with Crippen molar-refractivity contribution in [3.63, 3.8) is 0 Å². The Kier molecular flexibility index (Phi) is 6.68. The number of amides is 1. The highest BCUT2D eigenvalue weighted by molar-refractivity contribution is 6.05. The van der Waals surface area contributed by atoms with E-state index in [-0.39, 0.29) is 5.91 Å². The van der Waals surface area contributed by atoms with E-state index in [0.29, 0.717) is 23.6 Å². The summed E-state index contributed by atoms with van der Waals surface area (Å²) in [7, 11) is 5.00. The van der Waals surface area contributed by atoms with E-state index in [4.69, 9.17) is 9.47 Å². The van der Waals surface area contributed by atoms with Crippen LogP contribution < -0.4 is 19.7 Å². The summed E-state index contributed by atoms with van der Waals surface area (Å²) >= 11 is 0. The second-order valence-electron chi connectivity index (χ2n) is 6.53. The molecule has 150 valence electrons. The molecular formula is C23H25N3O3. The third-order valence-electron chi connectivity index (χ3n) is 4.62. The van der Waals surface area contributed by atoms with Crippen molar-refractivity contribution < 1.29 is 14.3 Å². The Morgan fingerprint density at radius 1 is 1.00 bits per heavy atom. The second-order valence-corrected chi connectivity index (χ2v) is 6.53. The first-order valence-electron chi connectivity index (χ1n) is 9.35. The van der Waals surface area contributed by atoms with Crippen LogP contribution in [0.25, 0.3) is 0 Å². The number of carbonyl (C=O) groups excluding carboxylic acids is 1. The van der Waals surface area contributed by atoms with E-state index >= 15 is 0 Å². The van der Waals surface area contributed by atoms with Gasteiger partial charge in [-0.3, -0.25) is 9.78 Å². The summed E-state index contributed by atoms with van der Waals surface area (Å²) in [6.07, 6.45) is 4.09. The summed E-state index contributed by atoms with van der Waals surface area (Å²) in [6, 6.07) is 17.2. The van der Waals surface area contributed by atoms with Gasteiger partial charge in [0.1, 0.15) is 0 Å². The number of hydrogen-bond donors (Lipinski definition) is 1. The smallest absolute Gasteiger partial charge is 0.259 e. The fourth-order valence-corrected chi connectivity index (χ4v) is 3.00. The van der Waals surface area contributed by atoms with Gasteiger partial charge in [0.05, 0.1) is 25.5 Å². The highest BCUT2D eigenvalue weighted by Crippen LogP contribution is 2.27. The number of anilines is 2. The lowest BCUT2D eigenvalue weighted by atomic mass is 10.1. The summed E-state index contributed by atoms with van der Waals surface area (Å²) in [4.78, 5) is 18.6. The van der Waals surface area contributed by atoms with Crippen LogP contribution in [0.2, 0.25) is 0 Å². The first-order valence-corrected chi connectivity index (χ1v) is 9.35. The predicted octanol–water partition coefficient (Wildman–Crippen LogP) is 4.03. The normalized spacial score (nSPS) is 10.3. The molecule has 1 heterocycles. The minimum Gasteiger partial charge on any atom is -0.493 e. The fraction of sp³-hybridized carbons (Fsp3) is 0.217. The molecule has 0 fully saturated rings. The van der Waals surface area contributed by atoms with Gasteiger partial charge >= 0.3 is 0 Å². The fourth-order valence-electron chi connectivity index (χ4n) is 3.00. The zero-order valence-electron chi connectivity index (χ0n) is 16.9. The molecule has 1 N–H and O–H groups in total. The lowest BCUT2D eigenvalue weighted by Gasteiger charge is -2.17. The number of benzene rings is 2. The second kappa shape index (κ2) is 9.59. The van der Waals surface area contributed by atoms with Crippen LogP contribution in [0.1, 0.15) is 15.9 Å². The standard InChI is InChI=1S/C23H25N3O3/c1-26(20-7-5-4-6-8-20)23(27)18-14-19(16-24-15-18)25-12-11-17-9-10-21(28-2)22(13-17)29-3/h4-10,13-16,25H,11-12H2,1-3H3. The summed E-state index contributed by atoms with van der Waals surface area (Å²) < 4.78 is 10.6. The Morgan fingerprint density at radius 3 is 2.48 bits per heavy atom. The van der Waals surface area contributed by atoms with Gasteiger partial charge in [0.15, 0.2) is 11.5 Å². The molecule has 3 aromatic rings. The average molecular weight is 391 g/mol. The number of para-hydroxylation sites is 1. The van der Waals surface area contributed by atoms with E-state index in [1.54, 1.807) is 38.6 Å². The highest BCUT2D eigenvalue weighted by atomic mass is 16.5. The van der Waals surface area contributed by atoms with Crippen LogP contribution >= 0.6 is 0 Å². The van der Waals surface area contributed by atoms with Gasteiger partial charge in [-0.05, 0) is 42.3 Å². The van der Waals surface area contributed by atoms with Gasteiger partial charge in [-0.15, -0.1) is 0 Å². The maximum atomic E-state index is 12.8. The molecule has 0 bridgehead atoms. The number of carbonyl (C=O) groups is 1. The van der Waals surface area contributed by atoms with Gasteiger partial charge in [-0.25, -0.2) is 0 Å². The monoisotopic (exact) mass is 391 g/mol. The third kappa shape index (κ3) is 5.04. The molecule has 0 aliphatic heterocycles. The number of hydrogen-bond acceptors (Lipinski definition) is 5. The van der Waals surface area contributed by atoms with E-state index in [1.807, 2.05) is 54.6 Å². The first kappa shape index (κ1) is 20.2. The molecule has 1 amide bonds. The molecule has 1 aromatic heterocycles. The molecule has 2 aromatic carbocycles. The summed E-state index contributed by atoms with van der Waals surface area (Å²) in [5.74, 6) is 1.32. The highest BCUT2D eigenvalue weighted by Gasteiger charge is 2.14. The van der Waals surface area contributed by atoms with Gasteiger partial charge in [0.25, 0.3) is 5.91 Å². The molecule has 0 spiro atoms. The van der Waals surface area contributed by atoms with E-state index in [9.17, 15) is 4.79 Å². The van der Waals surface area contributed by atoms with E-state index in [2.05, 4.69) is 10.3 Å². The molecule has 0 aliphatic carbocycles. The Bertz CT molecular complexity index is 961. The van der Waals surface area contributed by atoms with Gasteiger partial charge in [-0.1, -0.05) is 24.3 Å². The number of nitrogens with zero attached hydrogens (tertiary/aromatic N) is 2. The number of nitrogens with one attached hydrogen (secondary N) is 1. The van der Waals surface area contributed by atoms with Gasteiger partial charge in [0.2, 0.25) is 0 Å². The minimum atomic E-state index is -0.104. The van der Waals surface area contributed by atoms with Crippen LogP contribution in [-0.2, 0) is 6.42 Å². The molecule has 0 atom stereocenters. The number of methoxy groups -OCH3 is 2. The van der Waals surface area contributed by atoms with Crippen molar-refractivity contribution in [3.05, 3.63) is 78.1 Å². The third-order valence-corrected chi connectivity index (χ3v) is 4.62. The molecule has 0 radical (unpaired) electrons. The number of pyridine rings is 1. The largest absolute Gasteiger partial charge is 0.493 e. The number of ether oxygens (including phenoxy) is 2. The van der Waals surface area contributed by atoms with E-state index in [0.717, 1.165) is 23.4 Å². The van der Waals surface area contributed by atoms with Crippen LogP contribution in [0, 0.1) is 0 Å².